The monoisotopic (exact) mass is 566 g/mol. The quantitative estimate of drug-likeness (QED) is 0.333. The molecule has 0 radical (unpaired) electrons. The molecule has 0 saturated carbocycles. The topological polar surface area (TPSA) is 69.5 Å². The van der Waals surface area contributed by atoms with Crippen LogP contribution in [0.3, 0.4) is 0 Å². The van der Waals surface area contributed by atoms with E-state index in [9.17, 15) is 10.1 Å². The number of amides is 1. The molecule has 2 aromatic carbocycles. The van der Waals surface area contributed by atoms with E-state index in [1.54, 1.807) is 4.90 Å². The summed E-state index contributed by atoms with van der Waals surface area (Å²) in [6.45, 7) is 9.84. The van der Waals surface area contributed by atoms with Crippen LogP contribution in [-0.4, -0.2) is 47.3 Å². The van der Waals surface area contributed by atoms with Crippen molar-refractivity contribution in [1.29, 1.82) is 5.26 Å². The Labute approximate surface area is 224 Å². The van der Waals surface area contributed by atoms with Gasteiger partial charge in [0.15, 0.2) is 0 Å². The first-order valence-corrected chi connectivity index (χ1v) is 13.2. The van der Waals surface area contributed by atoms with Gasteiger partial charge in [0.25, 0.3) is 0 Å². The van der Waals surface area contributed by atoms with Crippen molar-refractivity contribution >= 4 is 50.3 Å². The number of likely N-dealkylation sites (tertiary alicyclic amines) is 1. The molecule has 1 aromatic heterocycles. The Hall–Kier alpha value is -2.82. The molecule has 2 fully saturated rings. The summed E-state index contributed by atoms with van der Waals surface area (Å²) in [4.78, 5) is 21.6. The van der Waals surface area contributed by atoms with E-state index in [0.717, 1.165) is 39.5 Å². The minimum atomic E-state index is -0.521. The second kappa shape index (κ2) is 8.93. The van der Waals surface area contributed by atoms with Crippen LogP contribution >= 0.6 is 27.5 Å². The van der Waals surface area contributed by atoms with Gasteiger partial charge in [-0.15, -0.1) is 0 Å². The summed E-state index contributed by atoms with van der Waals surface area (Å²) >= 11 is 10.2. The summed E-state index contributed by atoms with van der Waals surface area (Å²) in [6.07, 6.45) is 0.643. The van der Waals surface area contributed by atoms with Crippen LogP contribution in [0, 0.1) is 16.7 Å². The highest BCUT2D eigenvalue weighted by molar-refractivity contribution is 9.10. The number of rotatable bonds is 2. The van der Waals surface area contributed by atoms with Crippen molar-refractivity contribution in [2.24, 2.45) is 5.41 Å². The van der Waals surface area contributed by atoms with E-state index >= 15 is 0 Å². The Morgan fingerprint density at radius 1 is 1.25 bits per heavy atom. The smallest absolute Gasteiger partial charge is 0.410 e. The van der Waals surface area contributed by atoms with Gasteiger partial charge in [-0.2, -0.15) is 5.26 Å². The van der Waals surface area contributed by atoms with Gasteiger partial charge in [0.1, 0.15) is 23.1 Å². The number of halogens is 2. The highest BCUT2D eigenvalue weighted by Crippen LogP contribution is 2.48. The van der Waals surface area contributed by atoms with Crippen molar-refractivity contribution in [2.75, 3.05) is 24.5 Å². The fraction of sp³-hybridized carbons (Fsp3) is 0.393. The molecule has 2 aliphatic heterocycles. The summed E-state index contributed by atoms with van der Waals surface area (Å²) < 4.78 is 6.48. The van der Waals surface area contributed by atoms with E-state index in [-0.39, 0.29) is 17.6 Å². The number of carbonyl (C=O) groups is 1. The second-order valence-corrected chi connectivity index (χ2v) is 12.1. The van der Waals surface area contributed by atoms with E-state index in [1.165, 1.54) is 0 Å². The molecule has 6 nitrogen and oxygen atoms in total. The highest BCUT2D eigenvalue weighted by Gasteiger charge is 2.55. The summed E-state index contributed by atoms with van der Waals surface area (Å²) in [7, 11) is 0. The molecule has 1 amide bonds. The molecule has 3 heterocycles. The largest absolute Gasteiger partial charge is 0.444 e. The number of nitrogens with zero attached hydrogens (tertiary/aromatic N) is 4. The number of hydrogen-bond donors (Lipinski definition) is 0. The third-order valence-electron chi connectivity index (χ3n) is 7.32. The molecule has 3 aromatic rings. The highest BCUT2D eigenvalue weighted by atomic mass is 79.9. The van der Waals surface area contributed by atoms with Crippen molar-refractivity contribution in [3.63, 3.8) is 0 Å². The molecule has 0 bridgehead atoms. The minimum absolute atomic E-state index is 0.0535. The maximum atomic E-state index is 12.6. The third kappa shape index (κ3) is 4.21. The predicted octanol–water partition coefficient (Wildman–Crippen LogP) is 7.03. The second-order valence-electron chi connectivity index (χ2n) is 10.8. The lowest BCUT2D eigenvalue weighted by Gasteiger charge is -2.51. The van der Waals surface area contributed by atoms with E-state index in [4.69, 9.17) is 21.3 Å². The third-order valence-corrected chi connectivity index (χ3v) is 8.15. The molecular formula is C28H28BrClN4O2. The molecule has 1 unspecified atom stereocenters. The maximum absolute atomic E-state index is 12.6. The SMILES string of the molecule is CC1N(c2nc3cc(Br)ccc3c(-c3ccccc3Cl)c2C#N)CCC12CN(C(=O)OC(C)(C)C)C2. The average molecular weight is 568 g/mol. The molecule has 1 spiro atoms. The number of fused-ring (bicyclic) bond motifs is 1. The maximum Gasteiger partial charge on any atom is 0.410 e. The lowest BCUT2D eigenvalue weighted by atomic mass is 9.74. The van der Waals surface area contributed by atoms with E-state index in [1.807, 2.05) is 63.2 Å². The van der Waals surface area contributed by atoms with Gasteiger partial charge in [0.2, 0.25) is 0 Å². The van der Waals surface area contributed by atoms with Gasteiger partial charge < -0.3 is 14.5 Å². The number of carbonyl (C=O) groups excluding carboxylic acids is 1. The Morgan fingerprint density at radius 3 is 2.64 bits per heavy atom. The first-order valence-electron chi connectivity index (χ1n) is 12.1. The van der Waals surface area contributed by atoms with Crippen molar-refractivity contribution < 1.29 is 9.53 Å². The number of aromatic nitrogens is 1. The molecule has 2 aliphatic rings. The standard InChI is InChI=1S/C28H28BrClN4O2/c1-17-28(15-33(16-28)26(35)36-27(2,3)4)11-12-34(17)25-21(14-31)24(19-7-5-6-8-22(19)30)20-10-9-18(29)13-23(20)32-25/h5-10,13,17H,11-12,15-16H2,1-4H3. The molecule has 8 heteroatoms. The van der Waals surface area contributed by atoms with Crippen molar-refractivity contribution in [3.05, 3.63) is 57.5 Å². The lowest BCUT2D eigenvalue weighted by Crippen LogP contribution is -2.63. The minimum Gasteiger partial charge on any atom is -0.444 e. The van der Waals surface area contributed by atoms with Crippen LogP contribution in [0.15, 0.2) is 46.9 Å². The molecule has 186 valence electrons. The van der Waals surface area contributed by atoms with Gasteiger partial charge in [0, 0.05) is 57.1 Å². The number of anilines is 1. The molecular weight excluding hydrogens is 540 g/mol. The number of hydrogen-bond acceptors (Lipinski definition) is 5. The van der Waals surface area contributed by atoms with Crippen LogP contribution in [-0.2, 0) is 4.74 Å². The first kappa shape index (κ1) is 24.9. The number of nitriles is 1. The molecule has 2 saturated heterocycles. The predicted molar refractivity (Wildman–Crippen MR) is 146 cm³/mol. The van der Waals surface area contributed by atoms with Crippen molar-refractivity contribution in [2.45, 2.75) is 45.8 Å². The average Bonchev–Trinajstić information content (AvgIpc) is 3.13. The number of ether oxygens (including phenoxy) is 1. The van der Waals surface area contributed by atoms with Gasteiger partial charge in [-0.25, -0.2) is 9.78 Å². The fourth-order valence-electron chi connectivity index (χ4n) is 5.44. The summed E-state index contributed by atoms with van der Waals surface area (Å²) in [5.41, 5.74) is 2.35. The van der Waals surface area contributed by atoms with Gasteiger partial charge in [-0.1, -0.05) is 51.8 Å². The van der Waals surface area contributed by atoms with Crippen LogP contribution in [0.1, 0.15) is 39.7 Å². The lowest BCUT2D eigenvalue weighted by molar-refractivity contribution is -0.0355. The molecule has 1 atom stereocenters. The van der Waals surface area contributed by atoms with Crippen LogP contribution in [0.2, 0.25) is 5.02 Å². The van der Waals surface area contributed by atoms with Gasteiger partial charge in [-0.05, 0) is 52.3 Å². The van der Waals surface area contributed by atoms with Crippen molar-refractivity contribution in [3.8, 4) is 17.2 Å². The molecule has 5 rings (SSSR count). The molecule has 36 heavy (non-hydrogen) atoms. The van der Waals surface area contributed by atoms with Crippen LogP contribution < -0.4 is 4.90 Å². The summed E-state index contributed by atoms with van der Waals surface area (Å²) in [5.74, 6) is 0.665. The van der Waals surface area contributed by atoms with Gasteiger partial charge in [0.05, 0.1) is 5.52 Å². The fourth-order valence-corrected chi connectivity index (χ4v) is 6.02. The van der Waals surface area contributed by atoms with E-state index in [2.05, 4.69) is 33.8 Å². The van der Waals surface area contributed by atoms with Crippen LogP contribution in [0.4, 0.5) is 10.6 Å². The zero-order chi connectivity index (χ0) is 25.8. The van der Waals surface area contributed by atoms with E-state index in [0.29, 0.717) is 29.5 Å². The zero-order valence-corrected chi connectivity index (χ0v) is 23.2. The Kier molecular flexibility index (Phi) is 6.17. The van der Waals surface area contributed by atoms with Crippen molar-refractivity contribution in [1.82, 2.24) is 9.88 Å². The first-order chi connectivity index (χ1) is 17.0. The Balaban J connectivity index is 1.55. The summed E-state index contributed by atoms with van der Waals surface area (Å²) in [5, 5.41) is 11.9. The van der Waals surface area contributed by atoms with Crippen LogP contribution in [0.5, 0.6) is 0 Å². The zero-order valence-electron chi connectivity index (χ0n) is 20.8. The normalized spacial score (nSPS) is 18.9. The van der Waals surface area contributed by atoms with E-state index < -0.39 is 5.60 Å². The van der Waals surface area contributed by atoms with Gasteiger partial charge >= 0.3 is 6.09 Å². The van der Waals surface area contributed by atoms with Gasteiger partial charge in [-0.3, -0.25) is 0 Å². The van der Waals surface area contributed by atoms with Crippen LogP contribution in [0.25, 0.3) is 22.0 Å². The Bertz CT molecular complexity index is 1410. The molecule has 0 N–H and O–H groups in total. The summed E-state index contributed by atoms with van der Waals surface area (Å²) in [6, 6.07) is 16.1. The molecule has 0 aliphatic carbocycles. The Morgan fingerprint density at radius 2 is 1.97 bits per heavy atom. The number of benzene rings is 2. The number of pyridine rings is 1.